The lowest BCUT2D eigenvalue weighted by Crippen LogP contribution is -2.11. The van der Waals surface area contributed by atoms with Gasteiger partial charge in [-0.2, -0.15) is 0 Å². The number of rotatable bonds is 6. The van der Waals surface area contributed by atoms with Gasteiger partial charge in [0.15, 0.2) is 5.01 Å². The van der Waals surface area contributed by atoms with Crippen LogP contribution in [0.3, 0.4) is 0 Å². The summed E-state index contributed by atoms with van der Waals surface area (Å²) in [6.07, 6.45) is -0.108. The number of carboxylic acid groups (broad SMARTS) is 1. The molecule has 2 N–H and O–H groups in total. The van der Waals surface area contributed by atoms with Gasteiger partial charge in [0.2, 0.25) is 0 Å². The van der Waals surface area contributed by atoms with Crippen LogP contribution in [0, 0.1) is 0 Å². The van der Waals surface area contributed by atoms with Gasteiger partial charge in [0.05, 0.1) is 21.7 Å². The zero-order valence-electron chi connectivity index (χ0n) is 15.5. The summed E-state index contributed by atoms with van der Waals surface area (Å²) in [5.74, 6) is -0.261. The Morgan fingerprint density at radius 1 is 1.07 bits per heavy atom. The number of halogens is 1. The van der Waals surface area contributed by atoms with Crippen LogP contribution in [0.15, 0.2) is 66.7 Å². The van der Waals surface area contributed by atoms with Crippen molar-refractivity contribution in [3.63, 3.8) is 0 Å². The number of para-hydroxylation sites is 1. The van der Waals surface area contributed by atoms with Crippen molar-refractivity contribution < 1.29 is 19.4 Å². The van der Waals surface area contributed by atoms with E-state index in [9.17, 15) is 9.59 Å². The number of ether oxygens (including phenoxy) is 1. The number of fused-ring (bicyclic) bond motifs is 1. The van der Waals surface area contributed by atoms with Crippen molar-refractivity contribution in [3.8, 4) is 11.5 Å². The second kappa shape index (κ2) is 8.52. The molecule has 6 nitrogen and oxygen atoms in total. The Kier molecular flexibility index (Phi) is 5.65. The molecule has 0 radical (unpaired) electrons. The number of thiazole rings is 1. The van der Waals surface area contributed by atoms with Gasteiger partial charge in [-0.15, -0.1) is 11.3 Å². The maximum Gasteiger partial charge on any atom is 0.307 e. The normalized spacial score (nSPS) is 10.7. The molecule has 1 aromatic heterocycles. The number of nitrogens with one attached hydrogen (secondary N) is 1. The second-order valence-corrected chi connectivity index (χ2v) is 7.84. The Morgan fingerprint density at radius 2 is 1.83 bits per heavy atom. The van der Waals surface area contributed by atoms with E-state index in [1.165, 1.54) is 11.3 Å². The van der Waals surface area contributed by atoms with Gasteiger partial charge in [-0.3, -0.25) is 9.59 Å². The molecule has 0 atom stereocenters. The van der Waals surface area contributed by atoms with Crippen LogP contribution in [0.2, 0.25) is 5.02 Å². The van der Waals surface area contributed by atoms with Crippen LogP contribution in [0.4, 0.5) is 5.69 Å². The summed E-state index contributed by atoms with van der Waals surface area (Å²) in [4.78, 5) is 27.6. The molecule has 0 spiro atoms. The van der Waals surface area contributed by atoms with E-state index < -0.39 is 5.97 Å². The third kappa shape index (κ3) is 4.59. The molecule has 0 bridgehead atoms. The van der Waals surface area contributed by atoms with Crippen LogP contribution >= 0.6 is 22.9 Å². The van der Waals surface area contributed by atoms with Gasteiger partial charge in [-0.25, -0.2) is 4.98 Å². The molecule has 4 rings (SSSR count). The fourth-order valence-corrected chi connectivity index (χ4v) is 3.90. The fourth-order valence-electron chi connectivity index (χ4n) is 2.80. The second-order valence-electron chi connectivity index (χ2n) is 6.40. The first kappa shape index (κ1) is 19.9. The summed E-state index contributed by atoms with van der Waals surface area (Å²) in [5.41, 5.74) is 1.99. The number of nitrogens with zero attached hydrogens (tertiary/aromatic N) is 1. The third-order valence-electron chi connectivity index (χ3n) is 4.18. The van der Waals surface area contributed by atoms with Gasteiger partial charge in [0.1, 0.15) is 11.5 Å². The van der Waals surface area contributed by atoms with Gasteiger partial charge in [-0.05, 0) is 54.1 Å². The summed E-state index contributed by atoms with van der Waals surface area (Å²) in [5, 5.41) is 12.4. The lowest BCUT2D eigenvalue weighted by molar-refractivity contribution is -0.136. The molecule has 0 fully saturated rings. The zero-order chi connectivity index (χ0) is 21.1. The average molecular weight is 439 g/mol. The number of hydrogen-bond acceptors (Lipinski definition) is 5. The molecule has 4 aromatic rings. The van der Waals surface area contributed by atoms with E-state index >= 15 is 0 Å². The van der Waals surface area contributed by atoms with Gasteiger partial charge in [-0.1, -0.05) is 29.8 Å². The first-order chi connectivity index (χ1) is 14.5. The highest BCUT2D eigenvalue weighted by Crippen LogP contribution is 2.31. The Labute approximate surface area is 180 Å². The number of carbonyl (C=O) groups is 2. The summed E-state index contributed by atoms with van der Waals surface area (Å²) >= 11 is 7.52. The number of anilines is 1. The number of amides is 1. The number of carbonyl (C=O) groups excluding carboxylic acids is 1. The highest BCUT2D eigenvalue weighted by molar-refractivity contribution is 7.20. The predicted octanol–water partition coefficient (Wildman–Crippen LogP) is 5.62. The minimum atomic E-state index is -0.928. The highest BCUT2D eigenvalue weighted by Gasteiger charge is 2.13. The monoisotopic (exact) mass is 438 g/mol. The summed E-state index contributed by atoms with van der Waals surface area (Å²) in [7, 11) is 0. The number of aliphatic carboxylic acids is 1. The van der Waals surface area contributed by atoms with Gasteiger partial charge in [0, 0.05) is 5.69 Å². The van der Waals surface area contributed by atoms with E-state index in [1.54, 1.807) is 42.5 Å². The molecule has 150 valence electrons. The lowest BCUT2D eigenvalue weighted by atomic mass is 10.1. The minimum absolute atomic E-state index is 0.108. The minimum Gasteiger partial charge on any atom is -0.481 e. The van der Waals surface area contributed by atoms with Crippen LogP contribution in [0.25, 0.3) is 10.2 Å². The van der Waals surface area contributed by atoms with Crippen LogP contribution in [0.5, 0.6) is 11.5 Å². The molecular weight excluding hydrogens is 424 g/mol. The highest BCUT2D eigenvalue weighted by atomic mass is 35.5. The van der Waals surface area contributed by atoms with Crippen molar-refractivity contribution in [1.29, 1.82) is 0 Å². The Bertz CT molecular complexity index is 1200. The fraction of sp³-hybridized carbons (Fsp3) is 0.0455. The van der Waals surface area contributed by atoms with Gasteiger partial charge in [0.25, 0.3) is 5.91 Å². The summed E-state index contributed by atoms with van der Waals surface area (Å²) in [6.45, 7) is 0. The van der Waals surface area contributed by atoms with Crippen LogP contribution < -0.4 is 10.1 Å². The van der Waals surface area contributed by atoms with Crippen molar-refractivity contribution in [2.75, 3.05) is 5.32 Å². The number of benzene rings is 3. The molecule has 3 aromatic carbocycles. The Hall–Kier alpha value is -3.42. The standard InChI is InChI=1S/C22H15ClN2O4S/c23-16-11-13(12-20(26)27)5-10-18(16)29-15-8-6-14(7-9-15)24-21(28)22-25-17-3-1-2-4-19(17)30-22/h1-11H,12H2,(H,24,28)(H,26,27). The van der Waals surface area contributed by atoms with Crippen LogP contribution in [-0.2, 0) is 11.2 Å². The molecule has 0 aliphatic heterocycles. The van der Waals surface area contributed by atoms with E-state index in [0.29, 0.717) is 32.8 Å². The molecule has 0 saturated carbocycles. The molecule has 1 amide bonds. The number of hydrogen-bond donors (Lipinski definition) is 2. The van der Waals surface area contributed by atoms with Gasteiger partial charge < -0.3 is 15.2 Å². The first-order valence-electron chi connectivity index (χ1n) is 8.93. The molecule has 0 unspecified atom stereocenters. The topological polar surface area (TPSA) is 88.5 Å². The largest absolute Gasteiger partial charge is 0.481 e. The quantitative estimate of drug-likeness (QED) is 0.407. The molecule has 0 aliphatic carbocycles. The SMILES string of the molecule is O=C(O)Cc1ccc(Oc2ccc(NC(=O)c3nc4ccccc4s3)cc2)c(Cl)c1. The van der Waals surface area contributed by atoms with Crippen molar-refractivity contribution in [1.82, 2.24) is 4.98 Å². The lowest BCUT2D eigenvalue weighted by Gasteiger charge is -2.10. The van der Waals surface area contributed by atoms with Crippen molar-refractivity contribution in [3.05, 3.63) is 82.3 Å². The van der Waals surface area contributed by atoms with Gasteiger partial charge >= 0.3 is 5.97 Å². The molecule has 1 heterocycles. The maximum atomic E-state index is 12.5. The van der Waals surface area contributed by atoms with Crippen LogP contribution in [-0.4, -0.2) is 22.0 Å². The van der Waals surface area contributed by atoms with E-state index in [2.05, 4.69) is 10.3 Å². The third-order valence-corrected chi connectivity index (χ3v) is 5.51. The Balaban J connectivity index is 1.42. The zero-order valence-corrected chi connectivity index (χ0v) is 17.0. The molecular formula is C22H15ClN2O4S. The smallest absolute Gasteiger partial charge is 0.307 e. The predicted molar refractivity (Wildman–Crippen MR) is 117 cm³/mol. The molecule has 8 heteroatoms. The van der Waals surface area contributed by atoms with Crippen molar-refractivity contribution in [2.24, 2.45) is 0 Å². The van der Waals surface area contributed by atoms with Crippen molar-refractivity contribution in [2.45, 2.75) is 6.42 Å². The van der Waals surface area contributed by atoms with E-state index in [1.807, 2.05) is 24.3 Å². The van der Waals surface area contributed by atoms with E-state index in [0.717, 1.165) is 10.2 Å². The van der Waals surface area contributed by atoms with Crippen LogP contribution in [0.1, 0.15) is 15.4 Å². The summed E-state index contributed by atoms with van der Waals surface area (Å²) < 4.78 is 6.71. The number of carboxylic acids is 1. The van der Waals surface area contributed by atoms with Crippen molar-refractivity contribution >= 4 is 50.7 Å². The Morgan fingerprint density at radius 3 is 2.53 bits per heavy atom. The molecule has 0 saturated heterocycles. The molecule has 0 aliphatic rings. The first-order valence-corrected chi connectivity index (χ1v) is 10.1. The molecule has 30 heavy (non-hydrogen) atoms. The number of aromatic nitrogens is 1. The maximum absolute atomic E-state index is 12.5. The van der Waals surface area contributed by atoms with E-state index in [-0.39, 0.29) is 12.3 Å². The van der Waals surface area contributed by atoms with E-state index in [4.69, 9.17) is 21.4 Å². The summed E-state index contributed by atoms with van der Waals surface area (Å²) in [6, 6.07) is 19.3. The average Bonchev–Trinajstić information content (AvgIpc) is 3.15.